The Bertz CT molecular complexity index is 4690. The van der Waals surface area contributed by atoms with Gasteiger partial charge in [-0.2, -0.15) is 0 Å². The van der Waals surface area contributed by atoms with Crippen LogP contribution in [0.25, 0.3) is 98.8 Å². The molecule has 0 atom stereocenters. The van der Waals surface area contributed by atoms with Gasteiger partial charge in [0.05, 0.1) is 22.7 Å². The summed E-state index contributed by atoms with van der Waals surface area (Å²) in [5.74, 6) is 0.997. The third-order valence-corrected chi connectivity index (χ3v) is 18.0. The van der Waals surface area contributed by atoms with Gasteiger partial charge in [0.25, 0.3) is 0 Å². The minimum absolute atomic E-state index is 0.495. The maximum absolute atomic E-state index is 7.31. The van der Waals surface area contributed by atoms with Crippen molar-refractivity contribution in [3.8, 4) is 22.3 Å². The van der Waals surface area contributed by atoms with E-state index in [9.17, 15) is 0 Å². The van der Waals surface area contributed by atoms with Crippen molar-refractivity contribution in [1.82, 2.24) is 0 Å². The Morgan fingerprint density at radius 3 is 1.28 bits per heavy atom. The number of furan rings is 3. The van der Waals surface area contributed by atoms with Gasteiger partial charge in [-0.15, -0.1) is 0 Å². The minimum Gasteiger partial charge on any atom is -0.456 e. The van der Waals surface area contributed by atoms with Crippen molar-refractivity contribution in [1.29, 1.82) is 0 Å². The molecule has 0 amide bonds. The molecule has 0 bridgehead atoms. The molecule has 2 aliphatic rings. The van der Waals surface area contributed by atoms with E-state index in [1.165, 1.54) is 86.1 Å². The zero-order chi connectivity index (χ0) is 53.4. The fourth-order valence-corrected chi connectivity index (χ4v) is 14.2. The van der Waals surface area contributed by atoms with Gasteiger partial charge >= 0.3 is 0 Å². The van der Waals surface area contributed by atoms with Crippen molar-refractivity contribution in [2.45, 2.75) is 76.0 Å². The lowest BCUT2D eigenvalue weighted by molar-refractivity contribution is 0.442. The molecule has 5 nitrogen and oxygen atoms in total. The van der Waals surface area contributed by atoms with E-state index in [4.69, 9.17) is 13.3 Å². The maximum Gasteiger partial charge on any atom is 0.159 e. The zero-order valence-electron chi connectivity index (χ0n) is 45.3. The largest absolute Gasteiger partial charge is 0.456 e. The Hall–Kier alpha value is -9.32. The van der Waals surface area contributed by atoms with Crippen molar-refractivity contribution in [2.24, 2.45) is 0 Å². The fourth-order valence-electron chi connectivity index (χ4n) is 14.2. The predicted molar refractivity (Wildman–Crippen MR) is 338 cm³/mol. The predicted octanol–water partition coefficient (Wildman–Crippen LogP) is 22.9. The molecule has 3 aromatic heterocycles. The summed E-state index contributed by atoms with van der Waals surface area (Å²) in [6.07, 6.45) is 12.5. The SMILES string of the molecule is c1ccc(-c2cccc(N(c3ccc4c(c3)oc3cc(N(c5cccc(-c6ccccc6)c5)c5cccc6c5oc5c(C7CCCCC7)cccc56)c5ccccc5c34)c3cccc4c3oc3c(C5CCCCC5)cccc34)c2)cc1. The third-order valence-electron chi connectivity index (χ3n) is 18.0. The second-order valence-corrected chi connectivity index (χ2v) is 22.7. The van der Waals surface area contributed by atoms with Gasteiger partial charge in [0, 0.05) is 61.2 Å². The molecule has 3 heterocycles. The number of para-hydroxylation sites is 4. The average Bonchev–Trinajstić information content (AvgIpc) is 4.05. The molecule has 0 radical (unpaired) electrons. The molecule has 392 valence electrons. The lowest BCUT2D eigenvalue weighted by atomic mass is 9.83. The normalized spacial score (nSPS) is 14.6. The number of hydrogen-bond donors (Lipinski definition) is 0. The zero-order valence-corrected chi connectivity index (χ0v) is 45.3. The summed E-state index contributed by atoms with van der Waals surface area (Å²) in [6, 6.07) is 83.8. The molecule has 0 N–H and O–H groups in total. The van der Waals surface area contributed by atoms with Crippen LogP contribution in [0.15, 0.2) is 244 Å². The molecule has 81 heavy (non-hydrogen) atoms. The molecule has 0 unspecified atom stereocenters. The van der Waals surface area contributed by atoms with Gasteiger partial charge in [0.1, 0.15) is 22.3 Å². The second-order valence-electron chi connectivity index (χ2n) is 22.7. The van der Waals surface area contributed by atoms with E-state index in [0.29, 0.717) is 11.8 Å². The van der Waals surface area contributed by atoms with E-state index in [-0.39, 0.29) is 0 Å². The van der Waals surface area contributed by atoms with Crippen LogP contribution in [0.1, 0.15) is 87.2 Å². The minimum atomic E-state index is 0.495. The molecule has 14 aromatic rings. The van der Waals surface area contributed by atoms with Crippen molar-refractivity contribution in [3.05, 3.63) is 242 Å². The van der Waals surface area contributed by atoms with Crippen LogP contribution >= 0.6 is 0 Å². The molecular formula is C76H60N2O3. The Kier molecular flexibility index (Phi) is 11.6. The first-order chi connectivity index (χ1) is 40.2. The fraction of sp³-hybridized carbons (Fsp3) is 0.158. The van der Waals surface area contributed by atoms with E-state index in [2.05, 4.69) is 240 Å². The van der Waals surface area contributed by atoms with Crippen molar-refractivity contribution >= 4 is 111 Å². The van der Waals surface area contributed by atoms with Crippen LogP contribution in [-0.2, 0) is 0 Å². The van der Waals surface area contributed by atoms with Gasteiger partial charge in [0.2, 0.25) is 0 Å². The van der Waals surface area contributed by atoms with E-state index >= 15 is 0 Å². The Labute approximate surface area is 471 Å². The smallest absolute Gasteiger partial charge is 0.159 e. The quantitative estimate of drug-likeness (QED) is 0.137. The van der Waals surface area contributed by atoms with Crippen LogP contribution in [0.4, 0.5) is 34.1 Å². The van der Waals surface area contributed by atoms with Gasteiger partial charge in [-0.25, -0.2) is 0 Å². The van der Waals surface area contributed by atoms with Crippen LogP contribution in [0.3, 0.4) is 0 Å². The first kappa shape index (κ1) is 47.7. The van der Waals surface area contributed by atoms with Crippen LogP contribution in [-0.4, -0.2) is 0 Å². The van der Waals surface area contributed by atoms with Gasteiger partial charge < -0.3 is 23.1 Å². The molecule has 2 fully saturated rings. The summed E-state index contributed by atoms with van der Waals surface area (Å²) in [5, 5.41) is 8.95. The molecule has 11 aromatic carbocycles. The Balaban J connectivity index is 0.903. The molecule has 5 heteroatoms. The van der Waals surface area contributed by atoms with Crippen molar-refractivity contribution in [3.63, 3.8) is 0 Å². The van der Waals surface area contributed by atoms with Gasteiger partial charge in [-0.1, -0.05) is 208 Å². The summed E-state index contributed by atoms with van der Waals surface area (Å²) in [5.41, 5.74) is 18.7. The summed E-state index contributed by atoms with van der Waals surface area (Å²) in [7, 11) is 0. The van der Waals surface area contributed by atoms with Crippen molar-refractivity contribution < 1.29 is 13.3 Å². The third kappa shape index (κ3) is 8.12. The highest BCUT2D eigenvalue weighted by atomic mass is 16.3. The Morgan fingerprint density at radius 2 is 0.716 bits per heavy atom. The molecule has 16 rings (SSSR count). The summed E-state index contributed by atoms with van der Waals surface area (Å²) in [4.78, 5) is 4.77. The summed E-state index contributed by atoms with van der Waals surface area (Å²) < 4.78 is 21.8. The average molecular weight is 1050 g/mol. The number of hydrogen-bond acceptors (Lipinski definition) is 5. The monoisotopic (exact) mass is 1050 g/mol. The van der Waals surface area contributed by atoms with Crippen LogP contribution in [0, 0.1) is 0 Å². The first-order valence-electron chi connectivity index (χ1n) is 29.4. The first-order valence-corrected chi connectivity index (χ1v) is 29.4. The molecule has 2 aliphatic carbocycles. The molecule has 0 aliphatic heterocycles. The van der Waals surface area contributed by atoms with Gasteiger partial charge in [-0.05, 0) is 125 Å². The van der Waals surface area contributed by atoms with Crippen LogP contribution in [0.5, 0.6) is 0 Å². The number of benzene rings is 11. The number of rotatable bonds is 10. The second kappa shape index (κ2) is 19.8. The Morgan fingerprint density at radius 1 is 0.272 bits per heavy atom. The summed E-state index contributed by atoms with van der Waals surface area (Å²) >= 11 is 0. The summed E-state index contributed by atoms with van der Waals surface area (Å²) in [6.45, 7) is 0. The lowest BCUT2D eigenvalue weighted by Gasteiger charge is -2.27. The van der Waals surface area contributed by atoms with E-state index < -0.39 is 0 Å². The molecule has 2 saturated carbocycles. The van der Waals surface area contributed by atoms with Crippen LogP contribution < -0.4 is 9.80 Å². The van der Waals surface area contributed by atoms with Gasteiger partial charge in [0.15, 0.2) is 11.2 Å². The van der Waals surface area contributed by atoms with Gasteiger partial charge in [-0.3, -0.25) is 0 Å². The highest BCUT2D eigenvalue weighted by molar-refractivity contribution is 6.24. The topological polar surface area (TPSA) is 45.9 Å². The number of nitrogens with zero attached hydrogens (tertiary/aromatic N) is 2. The molecule has 0 saturated heterocycles. The van der Waals surface area contributed by atoms with Crippen molar-refractivity contribution in [2.75, 3.05) is 9.80 Å². The lowest BCUT2D eigenvalue weighted by Crippen LogP contribution is -2.11. The maximum atomic E-state index is 7.31. The molecule has 0 spiro atoms. The highest BCUT2D eigenvalue weighted by Crippen LogP contribution is 2.51. The van der Waals surface area contributed by atoms with E-state index in [1.54, 1.807) is 0 Å². The van der Waals surface area contributed by atoms with Crippen LogP contribution in [0.2, 0.25) is 0 Å². The molecular weight excluding hydrogens is 989 g/mol. The number of anilines is 6. The number of fused-ring (bicyclic) bond motifs is 11. The highest BCUT2D eigenvalue weighted by Gasteiger charge is 2.28. The standard InChI is InChI=1S/C76H60N2O3/c1-5-21-49(22-6-1)53-29-15-31-55(45-53)77(67-41-19-39-64-62-37-17-35-58(73(62)80-75(64)67)51-25-9-3-10-26-51)57-43-44-66-70(47-57)79-71-48-69(60-33-13-14-34-61(60)72(66)71)78(56-32-16-30-54(46-56)50-23-7-2-8-24-50)68-42-20-40-65-63-38-18-36-59(74(63)81-76(65)68)52-27-11-4-12-28-52/h1-2,5-8,13-24,29-48,51-52H,3-4,9-12,25-28H2. The van der Waals surface area contributed by atoms with E-state index in [0.717, 1.165) is 122 Å². The van der Waals surface area contributed by atoms with E-state index in [1.807, 2.05) is 0 Å².